The van der Waals surface area contributed by atoms with Gasteiger partial charge in [-0.05, 0) is 70.9 Å². The molecule has 0 saturated heterocycles. The monoisotopic (exact) mass is 620 g/mol. The average Bonchev–Trinajstić information content (AvgIpc) is 3.81. The lowest BCUT2D eigenvalue weighted by atomic mass is 10.0. The highest BCUT2D eigenvalue weighted by Crippen LogP contribution is 2.42. The highest BCUT2D eigenvalue weighted by atomic mass is 28.4. The Bertz CT molecular complexity index is 1970. The predicted molar refractivity (Wildman–Crippen MR) is 199 cm³/mol. The van der Waals surface area contributed by atoms with E-state index < -0.39 is 16.1 Å². The first-order valence-corrected chi connectivity index (χ1v) is 23.0. The number of rotatable bonds is 5. The lowest BCUT2D eigenvalue weighted by Gasteiger charge is -2.39. The van der Waals surface area contributed by atoms with E-state index in [0.717, 1.165) is 67.1 Å². The summed E-state index contributed by atoms with van der Waals surface area (Å²) in [5.41, 5.74) is 14.0. The largest absolute Gasteiger partial charge is 0.355 e. The van der Waals surface area contributed by atoms with Crippen molar-refractivity contribution >= 4 is 62.5 Å². The lowest BCUT2D eigenvalue weighted by molar-refractivity contribution is 1.10. The molecule has 4 nitrogen and oxygen atoms in total. The molecule has 0 saturated carbocycles. The Morgan fingerprint density at radius 3 is 1.29 bits per heavy atom. The van der Waals surface area contributed by atoms with Gasteiger partial charge in [0.2, 0.25) is 0 Å². The second kappa shape index (κ2) is 11.1. The number of nitrogens with zero attached hydrogens (tertiary/aromatic N) is 2. The number of benzene rings is 2. The van der Waals surface area contributed by atoms with Gasteiger partial charge in [-0.1, -0.05) is 99.9 Å². The van der Waals surface area contributed by atoms with Crippen LogP contribution in [0.4, 0.5) is 0 Å². The molecule has 0 fully saturated rings. The molecule has 224 valence electrons. The summed E-state index contributed by atoms with van der Waals surface area (Å²) in [7, 11) is -3.41. The van der Waals surface area contributed by atoms with Crippen molar-refractivity contribution in [1.29, 1.82) is 0 Å². The van der Waals surface area contributed by atoms with Crippen LogP contribution in [0.5, 0.6) is 0 Å². The number of aromatic amines is 2. The Morgan fingerprint density at radius 2 is 0.889 bits per heavy atom. The van der Waals surface area contributed by atoms with Crippen molar-refractivity contribution in [2.45, 2.75) is 44.4 Å². The third-order valence-electron chi connectivity index (χ3n) is 8.76. The maximum Gasteiger partial charge on any atom is 0.0737 e. The molecule has 3 aromatic heterocycles. The van der Waals surface area contributed by atoms with Crippen LogP contribution in [-0.2, 0) is 0 Å². The molecule has 0 amide bonds. The topological polar surface area (TPSA) is 57.4 Å². The Labute approximate surface area is 267 Å². The van der Waals surface area contributed by atoms with E-state index in [0.29, 0.717) is 5.16 Å². The van der Waals surface area contributed by atoms with Crippen LogP contribution in [0, 0.1) is 0 Å². The second-order valence-electron chi connectivity index (χ2n) is 14.3. The smallest absolute Gasteiger partial charge is 0.0737 e. The SMILES string of the molecule is C[Si](C)(C)C(c1c2nc(c(-c3ccccc3)c3ccc(cc4ccc([nH]4)c(-c4ccccc4)c4nc1C=C4)[nH]3)C=C2)[Si](C)(C)C. The number of hydrogen-bond acceptors (Lipinski definition) is 2. The van der Waals surface area contributed by atoms with Crippen molar-refractivity contribution in [3.63, 3.8) is 0 Å². The van der Waals surface area contributed by atoms with E-state index in [9.17, 15) is 0 Å². The van der Waals surface area contributed by atoms with Gasteiger partial charge in [0.15, 0.2) is 0 Å². The zero-order valence-corrected chi connectivity index (χ0v) is 28.9. The summed E-state index contributed by atoms with van der Waals surface area (Å²) in [5, 5.41) is 0.457. The second-order valence-corrected chi connectivity index (χ2v) is 25.5. The fourth-order valence-corrected chi connectivity index (χ4v) is 20.2. The van der Waals surface area contributed by atoms with Gasteiger partial charge in [-0.3, -0.25) is 0 Å². The highest BCUT2D eigenvalue weighted by Gasteiger charge is 2.41. The van der Waals surface area contributed by atoms with Crippen molar-refractivity contribution in [3.8, 4) is 22.3 Å². The molecule has 0 spiro atoms. The first-order chi connectivity index (χ1) is 21.6. The average molecular weight is 621 g/mol. The number of H-pyrrole nitrogens is 2. The fourth-order valence-electron chi connectivity index (χ4n) is 7.44. The Hall–Kier alpha value is -4.53. The van der Waals surface area contributed by atoms with Crippen LogP contribution in [0.15, 0.2) is 91.0 Å². The van der Waals surface area contributed by atoms with E-state index in [1.54, 1.807) is 0 Å². The summed E-state index contributed by atoms with van der Waals surface area (Å²) in [4.78, 5) is 18.3. The first-order valence-electron chi connectivity index (χ1n) is 15.8. The molecule has 0 aliphatic carbocycles. The van der Waals surface area contributed by atoms with Gasteiger partial charge in [0.05, 0.1) is 22.8 Å². The molecule has 0 atom stereocenters. The Morgan fingerprint density at radius 1 is 0.489 bits per heavy atom. The summed E-state index contributed by atoms with van der Waals surface area (Å²) in [5.74, 6) is 0. The van der Waals surface area contributed by atoms with Crippen LogP contribution < -0.4 is 0 Å². The zero-order valence-electron chi connectivity index (χ0n) is 26.9. The van der Waals surface area contributed by atoms with Crippen molar-refractivity contribution in [1.82, 2.24) is 19.9 Å². The standard InChI is InChI=1S/C39H40N4Si2/c1-44(2,3)39(45(4,5)6)38-34-23-21-32(42-34)36(26-13-9-7-10-14-26)30-19-17-28(40-30)25-29-18-20-31(41-29)37(27-15-11-8-12-16-27)33-22-24-35(38)43-33/h7-25,39-41H,1-6H3. The maximum atomic E-state index is 5.47. The van der Waals surface area contributed by atoms with Crippen LogP contribution in [0.25, 0.3) is 68.6 Å². The first kappa shape index (κ1) is 29.2. The molecular weight excluding hydrogens is 581 g/mol. The van der Waals surface area contributed by atoms with E-state index in [2.05, 4.69) is 165 Å². The van der Waals surface area contributed by atoms with Crippen LogP contribution in [-0.4, -0.2) is 36.1 Å². The number of nitrogens with one attached hydrogen (secondary N) is 2. The molecule has 0 unspecified atom stereocenters. The molecule has 6 heteroatoms. The summed E-state index contributed by atoms with van der Waals surface area (Å²) in [6.07, 6.45) is 8.88. The Balaban J connectivity index is 1.68. The Kier molecular flexibility index (Phi) is 7.22. The number of hydrogen-bond donors (Lipinski definition) is 2. The lowest BCUT2D eigenvalue weighted by Crippen LogP contribution is -2.47. The quantitative estimate of drug-likeness (QED) is 0.188. The molecule has 7 rings (SSSR count). The molecule has 2 aromatic carbocycles. The van der Waals surface area contributed by atoms with Gasteiger partial charge in [-0.25, -0.2) is 9.97 Å². The summed E-state index contributed by atoms with van der Waals surface area (Å²) in [6.45, 7) is 15.1. The molecule has 45 heavy (non-hydrogen) atoms. The molecular formula is C39H40N4Si2. The van der Waals surface area contributed by atoms with E-state index in [4.69, 9.17) is 9.97 Å². The van der Waals surface area contributed by atoms with Crippen molar-refractivity contribution in [2.24, 2.45) is 0 Å². The predicted octanol–water partition coefficient (Wildman–Crippen LogP) is 10.8. The molecule has 2 aliphatic rings. The van der Waals surface area contributed by atoms with Gasteiger partial charge in [0.25, 0.3) is 0 Å². The van der Waals surface area contributed by atoms with Gasteiger partial charge in [-0.2, -0.15) is 0 Å². The van der Waals surface area contributed by atoms with Gasteiger partial charge < -0.3 is 9.97 Å². The molecule has 5 aromatic rings. The van der Waals surface area contributed by atoms with E-state index in [1.165, 1.54) is 5.56 Å². The van der Waals surface area contributed by atoms with Gasteiger partial charge in [-0.15, -0.1) is 0 Å². The van der Waals surface area contributed by atoms with E-state index in [1.807, 2.05) is 0 Å². The molecule has 5 heterocycles. The minimum absolute atomic E-state index is 0.457. The van der Waals surface area contributed by atoms with Crippen LogP contribution in [0.1, 0.15) is 33.5 Å². The van der Waals surface area contributed by atoms with Crippen molar-refractivity contribution in [3.05, 3.63) is 119 Å². The van der Waals surface area contributed by atoms with Crippen molar-refractivity contribution in [2.75, 3.05) is 0 Å². The van der Waals surface area contributed by atoms with Crippen molar-refractivity contribution < 1.29 is 0 Å². The normalized spacial score (nSPS) is 13.1. The zero-order chi connectivity index (χ0) is 31.3. The number of aromatic nitrogens is 4. The van der Waals surface area contributed by atoms with Gasteiger partial charge >= 0.3 is 0 Å². The summed E-state index contributed by atoms with van der Waals surface area (Å²) >= 11 is 0. The third-order valence-corrected chi connectivity index (χ3v) is 18.0. The van der Waals surface area contributed by atoms with Crippen LogP contribution >= 0.6 is 0 Å². The van der Waals surface area contributed by atoms with Gasteiger partial charge in [0, 0.05) is 54.9 Å². The van der Waals surface area contributed by atoms with Crippen LogP contribution in [0.2, 0.25) is 39.3 Å². The van der Waals surface area contributed by atoms with E-state index in [-0.39, 0.29) is 0 Å². The summed E-state index contributed by atoms with van der Waals surface area (Å²) < 4.78 is 0. The molecule has 0 radical (unpaired) electrons. The molecule has 8 bridgehead atoms. The highest BCUT2D eigenvalue weighted by molar-refractivity contribution is 6.96. The molecule has 2 N–H and O–H groups in total. The molecule has 2 aliphatic heterocycles. The van der Waals surface area contributed by atoms with E-state index >= 15 is 0 Å². The maximum absolute atomic E-state index is 5.47. The van der Waals surface area contributed by atoms with Gasteiger partial charge in [0.1, 0.15) is 0 Å². The minimum Gasteiger partial charge on any atom is -0.355 e. The summed E-state index contributed by atoms with van der Waals surface area (Å²) in [6, 6.07) is 32.0. The number of fused-ring (bicyclic) bond motifs is 8. The fraction of sp³-hybridized carbons (Fsp3) is 0.179. The van der Waals surface area contributed by atoms with Crippen LogP contribution in [0.3, 0.4) is 0 Å². The third kappa shape index (κ3) is 5.60. The minimum atomic E-state index is -1.71.